The number of hydrazine groups is 1. The van der Waals surface area contributed by atoms with Gasteiger partial charge in [-0.2, -0.15) is 0 Å². The van der Waals surface area contributed by atoms with Crippen LogP contribution in [0.2, 0.25) is 0 Å². The molecule has 35 heavy (non-hydrogen) atoms. The van der Waals surface area contributed by atoms with Gasteiger partial charge in [0.25, 0.3) is 0 Å². The lowest BCUT2D eigenvalue weighted by Crippen LogP contribution is -2.59. The minimum Gasteiger partial charge on any atom is -0.393 e. The molecule has 8 atom stereocenters. The second-order valence-electron chi connectivity index (χ2n) is 12.2. The first kappa shape index (κ1) is 25.9. The second-order valence-corrected chi connectivity index (χ2v) is 12.2. The smallest absolute Gasteiger partial charge is 0.230 e. The number of carbonyl (C=O) groups excluding carboxylic acids is 1. The third kappa shape index (κ3) is 6.21. The van der Waals surface area contributed by atoms with E-state index in [-0.39, 0.29) is 18.4 Å². The van der Waals surface area contributed by atoms with Crippen LogP contribution in [0.3, 0.4) is 0 Å². The van der Waals surface area contributed by atoms with Gasteiger partial charge in [0.05, 0.1) is 24.2 Å². The molecule has 0 aromatic rings. The zero-order chi connectivity index (χ0) is 24.4. The number of likely N-dealkylation sites (N-methyl/N-ethyl adjacent to an activating group) is 1. The van der Waals surface area contributed by atoms with E-state index < -0.39 is 18.1 Å². The van der Waals surface area contributed by atoms with Gasteiger partial charge in [0.1, 0.15) is 0 Å². The summed E-state index contributed by atoms with van der Waals surface area (Å²) in [6, 6.07) is 0.896. The number of nitrogens with zero attached hydrogens (tertiary/aromatic N) is 2. The van der Waals surface area contributed by atoms with E-state index in [2.05, 4.69) is 22.8 Å². The Morgan fingerprint density at radius 3 is 2.63 bits per heavy atom. The van der Waals surface area contributed by atoms with Gasteiger partial charge >= 0.3 is 0 Å². The normalized spacial score (nSPS) is 41.6. The average Bonchev–Trinajstić information content (AvgIpc) is 3.27. The van der Waals surface area contributed by atoms with Crippen LogP contribution in [-0.4, -0.2) is 96.3 Å². The largest absolute Gasteiger partial charge is 0.393 e. The Labute approximate surface area is 211 Å². The van der Waals surface area contributed by atoms with Crippen molar-refractivity contribution < 1.29 is 19.7 Å². The lowest BCUT2D eigenvalue weighted by atomic mass is 9.71. The van der Waals surface area contributed by atoms with Gasteiger partial charge in [-0.1, -0.05) is 25.7 Å². The Balaban J connectivity index is 1.23. The first-order chi connectivity index (χ1) is 17.0. The van der Waals surface area contributed by atoms with Gasteiger partial charge in [-0.15, -0.1) is 0 Å². The van der Waals surface area contributed by atoms with Crippen LogP contribution >= 0.6 is 0 Å². The van der Waals surface area contributed by atoms with Crippen LogP contribution in [0.25, 0.3) is 0 Å². The molecule has 2 aliphatic heterocycles. The van der Waals surface area contributed by atoms with E-state index in [9.17, 15) is 15.0 Å². The molecule has 5 aliphatic rings. The topological polar surface area (TPSA) is 97.3 Å². The molecular formula is C27H48N4O4. The van der Waals surface area contributed by atoms with Gasteiger partial charge in [0, 0.05) is 64.8 Å². The van der Waals surface area contributed by atoms with E-state index in [0.29, 0.717) is 42.9 Å². The van der Waals surface area contributed by atoms with Crippen LogP contribution in [0.4, 0.5) is 0 Å². The number of nitrogens with one attached hydrogen (secondary N) is 2. The molecule has 0 bridgehead atoms. The van der Waals surface area contributed by atoms with E-state index in [1.54, 1.807) is 0 Å². The van der Waals surface area contributed by atoms with Crippen LogP contribution in [0.15, 0.2) is 0 Å². The van der Waals surface area contributed by atoms with E-state index in [1.165, 1.54) is 51.4 Å². The van der Waals surface area contributed by atoms with Crippen LogP contribution in [0.1, 0.15) is 70.6 Å². The highest BCUT2D eigenvalue weighted by Crippen LogP contribution is 2.39. The number of carbonyl (C=O) groups is 1. The summed E-state index contributed by atoms with van der Waals surface area (Å²) in [5.74, 6) is 1.18. The molecule has 0 spiro atoms. The maximum Gasteiger partial charge on any atom is 0.230 e. The molecule has 3 saturated carbocycles. The third-order valence-electron chi connectivity index (χ3n) is 9.67. The molecule has 2 saturated heterocycles. The maximum absolute atomic E-state index is 13.9. The van der Waals surface area contributed by atoms with Crippen molar-refractivity contribution in [1.29, 1.82) is 0 Å². The lowest BCUT2D eigenvalue weighted by molar-refractivity contribution is -0.162. The van der Waals surface area contributed by atoms with Crippen molar-refractivity contribution in [3.05, 3.63) is 0 Å². The number of aliphatic hydroxyl groups excluding tert-OH is 2. The zero-order valence-corrected chi connectivity index (χ0v) is 21.6. The van der Waals surface area contributed by atoms with Gasteiger partial charge < -0.3 is 25.2 Å². The van der Waals surface area contributed by atoms with Crippen molar-refractivity contribution in [1.82, 2.24) is 20.7 Å². The fourth-order valence-corrected chi connectivity index (χ4v) is 7.71. The predicted molar refractivity (Wildman–Crippen MR) is 134 cm³/mol. The summed E-state index contributed by atoms with van der Waals surface area (Å²) in [5.41, 5.74) is 3.39. The standard InChI is InChI=1S/C27H48N4O4/c1-30-15-20(14-28-30)29-23-9-5-8-19-10-11-31(16-22(19)23)27(34)26-24(33)12-21(32)13-25(26)35-17-18-6-3-2-4-7-18/h18-26,28-29,32-33H,2-17H2,1H3. The summed E-state index contributed by atoms with van der Waals surface area (Å²) in [5, 5.41) is 27.4. The summed E-state index contributed by atoms with van der Waals surface area (Å²) in [4.78, 5) is 15.9. The number of hydrogen-bond donors (Lipinski definition) is 4. The van der Waals surface area contributed by atoms with E-state index in [0.717, 1.165) is 32.6 Å². The van der Waals surface area contributed by atoms with Crippen LogP contribution in [0, 0.1) is 23.7 Å². The number of aliphatic hydroxyl groups is 2. The Hall–Kier alpha value is -0.770. The van der Waals surface area contributed by atoms with Crippen molar-refractivity contribution >= 4 is 5.91 Å². The summed E-state index contributed by atoms with van der Waals surface area (Å²) < 4.78 is 6.32. The molecule has 8 unspecified atom stereocenters. The van der Waals surface area contributed by atoms with Crippen LogP contribution < -0.4 is 10.7 Å². The summed E-state index contributed by atoms with van der Waals surface area (Å²) in [6.45, 7) is 4.17. The Bertz CT molecular complexity index is 705. The minimum absolute atomic E-state index is 0.0445. The van der Waals surface area contributed by atoms with Gasteiger partial charge in [-0.25, -0.2) is 5.01 Å². The maximum atomic E-state index is 13.9. The molecule has 3 aliphatic carbocycles. The highest BCUT2D eigenvalue weighted by Gasteiger charge is 2.46. The number of rotatable bonds is 6. The van der Waals surface area contributed by atoms with Crippen LogP contribution in [0.5, 0.6) is 0 Å². The van der Waals surface area contributed by atoms with Crippen LogP contribution in [-0.2, 0) is 9.53 Å². The van der Waals surface area contributed by atoms with Crippen molar-refractivity contribution in [2.45, 2.75) is 101 Å². The molecular weight excluding hydrogens is 444 g/mol. The predicted octanol–water partition coefficient (Wildman–Crippen LogP) is 1.51. The number of fused-ring (bicyclic) bond motifs is 1. The molecule has 0 radical (unpaired) electrons. The number of ether oxygens (including phenoxy) is 1. The van der Waals surface area contributed by atoms with Crippen molar-refractivity contribution in [3.63, 3.8) is 0 Å². The molecule has 8 heteroatoms. The Kier molecular flexibility index (Phi) is 8.67. The molecule has 0 aromatic carbocycles. The van der Waals surface area contributed by atoms with Gasteiger partial charge in [-0.3, -0.25) is 10.2 Å². The molecule has 200 valence electrons. The second kappa shape index (κ2) is 11.7. The number of likely N-dealkylation sites (tertiary alicyclic amines) is 1. The summed E-state index contributed by atoms with van der Waals surface area (Å²) in [7, 11) is 2.09. The third-order valence-corrected chi connectivity index (χ3v) is 9.67. The Morgan fingerprint density at radius 1 is 1.03 bits per heavy atom. The Morgan fingerprint density at radius 2 is 1.86 bits per heavy atom. The van der Waals surface area contributed by atoms with Crippen molar-refractivity contribution in [2.75, 3.05) is 39.8 Å². The fraction of sp³-hybridized carbons (Fsp3) is 0.963. The fourth-order valence-electron chi connectivity index (χ4n) is 7.71. The molecule has 8 nitrogen and oxygen atoms in total. The monoisotopic (exact) mass is 492 g/mol. The first-order valence-electron chi connectivity index (χ1n) is 14.4. The quantitative estimate of drug-likeness (QED) is 0.446. The number of amides is 1. The molecule has 1 amide bonds. The van der Waals surface area contributed by atoms with Gasteiger partial charge in [0.15, 0.2) is 0 Å². The van der Waals surface area contributed by atoms with Crippen molar-refractivity contribution in [3.8, 4) is 0 Å². The van der Waals surface area contributed by atoms with E-state index in [4.69, 9.17) is 4.74 Å². The molecule has 0 aromatic heterocycles. The first-order valence-corrected chi connectivity index (χ1v) is 14.4. The molecule has 5 fully saturated rings. The summed E-state index contributed by atoms with van der Waals surface area (Å²) >= 11 is 0. The number of piperidine rings is 1. The van der Waals surface area contributed by atoms with Gasteiger partial charge in [0.2, 0.25) is 5.91 Å². The molecule has 2 heterocycles. The summed E-state index contributed by atoms with van der Waals surface area (Å²) in [6.07, 6.45) is 9.85. The van der Waals surface area contributed by atoms with Gasteiger partial charge in [-0.05, 0) is 49.9 Å². The molecule has 5 rings (SSSR count). The lowest BCUT2D eigenvalue weighted by Gasteiger charge is -2.48. The number of hydrogen-bond acceptors (Lipinski definition) is 7. The van der Waals surface area contributed by atoms with E-state index in [1.807, 2.05) is 4.90 Å². The average molecular weight is 493 g/mol. The highest BCUT2D eigenvalue weighted by molar-refractivity contribution is 5.80. The molecule has 4 N–H and O–H groups in total. The minimum atomic E-state index is -0.833. The SMILES string of the molecule is CN1CC(NC2CCCC3CCN(C(=O)C4C(O)CC(O)CC4OCC4CCCCC4)CC32)CN1. The zero-order valence-electron chi connectivity index (χ0n) is 21.6. The van der Waals surface area contributed by atoms with E-state index >= 15 is 0 Å². The van der Waals surface area contributed by atoms with Crippen molar-refractivity contribution in [2.24, 2.45) is 23.7 Å². The highest BCUT2D eigenvalue weighted by atomic mass is 16.5.